The van der Waals surface area contributed by atoms with Gasteiger partial charge in [-0.1, -0.05) is 0 Å². The molecule has 2 heterocycles. The first-order valence-electron chi connectivity index (χ1n) is 4.87. The number of nitrogens with two attached hydrogens (primary N) is 1. The average Bonchev–Trinajstić information content (AvgIpc) is 2.75. The Bertz CT molecular complexity index is 447. The fourth-order valence-electron chi connectivity index (χ4n) is 1.50. The van der Waals surface area contributed by atoms with E-state index < -0.39 is 0 Å². The van der Waals surface area contributed by atoms with Crippen molar-refractivity contribution in [2.75, 3.05) is 0 Å². The lowest BCUT2D eigenvalue weighted by atomic mass is 10.1. The van der Waals surface area contributed by atoms with Gasteiger partial charge in [-0.2, -0.15) is 0 Å². The van der Waals surface area contributed by atoms with Crippen molar-refractivity contribution in [1.29, 1.82) is 0 Å². The SMILES string of the molecule is Cc1cc(C(N)Cc2csc(C)n2)co1. The molecule has 1 unspecified atom stereocenters. The number of hydrogen-bond donors (Lipinski definition) is 1. The summed E-state index contributed by atoms with van der Waals surface area (Å²) in [5.74, 6) is 0.898. The van der Waals surface area contributed by atoms with Crippen LogP contribution < -0.4 is 5.73 Å². The van der Waals surface area contributed by atoms with E-state index in [0.29, 0.717) is 0 Å². The minimum absolute atomic E-state index is 0.0241. The molecular weight excluding hydrogens is 208 g/mol. The smallest absolute Gasteiger partial charge is 0.101 e. The first kappa shape index (κ1) is 10.4. The first-order chi connectivity index (χ1) is 7.15. The van der Waals surface area contributed by atoms with Crippen LogP contribution in [0.15, 0.2) is 22.1 Å². The summed E-state index contributed by atoms with van der Waals surface area (Å²) in [5.41, 5.74) is 8.15. The van der Waals surface area contributed by atoms with Gasteiger partial charge in [-0.3, -0.25) is 0 Å². The highest BCUT2D eigenvalue weighted by atomic mass is 32.1. The summed E-state index contributed by atoms with van der Waals surface area (Å²) >= 11 is 1.66. The molecule has 0 aliphatic rings. The maximum Gasteiger partial charge on any atom is 0.101 e. The predicted molar refractivity (Wildman–Crippen MR) is 60.9 cm³/mol. The van der Waals surface area contributed by atoms with Crippen molar-refractivity contribution >= 4 is 11.3 Å². The fourth-order valence-corrected chi connectivity index (χ4v) is 2.13. The summed E-state index contributed by atoms with van der Waals surface area (Å²) in [6.07, 6.45) is 2.49. The third-order valence-corrected chi connectivity index (χ3v) is 3.10. The molecule has 0 amide bonds. The van der Waals surface area contributed by atoms with E-state index in [1.807, 2.05) is 19.9 Å². The zero-order valence-corrected chi connectivity index (χ0v) is 9.67. The van der Waals surface area contributed by atoms with Crippen LogP contribution in [0.4, 0.5) is 0 Å². The van der Waals surface area contributed by atoms with Gasteiger partial charge in [-0.05, 0) is 19.9 Å². The van der Waals surface area contributed by atoms with Crippen molar-refractivity contribution in [2.24, 2.45) is 5.73 Å². The van der Waals surface area contributed by atoms with Gasteiger partial charge in [-0.25, -0.2) is 4.98 Å². The highest BCUT2D eigenvalue weighted by molar-refractivity contribution is 7.09. The normalized spacial score (nSPS) is 13.0. The van der Waals surface area contributed by atoms with Crippen molar-refractivity contribution in [3.8, 4) is 0 Å². The molecule has 1 atom stereocenters. The first-order valence-corrected chi connectivity index (χ1v) is 5.75. The number of hydrogen-bond acceptors (Lipinski definition) is 4. The second-order valence-corrected chi connectivity index (χ2v) is 4.72. The van der Waals surface area contributed by atoms with Crippen LogP contribution in [0.2, 0.25) is 0 Å². The topological polar surface area (TPSA) is 52.0 Å². The molecule has 2 rings (SSSR count). The monoisotopic (exact) mass is 222 g/mol. The van der Waals surface area contributed by atoms with Crippen LogP contribution in [-0.4, -0.2) is 4.98 Å². The molecular formula is C11H14N2OS. The molecule has 0 aliphatic heterocycles. The molecule has 0 bridgehead atoms. The Morgan fingerprint density at radius 3 is 2.87 bits per heavy atom. The molecule has 0 aromatic carbocycles. The second-order valence-electron chi connectivity index (χ2n) is 3.66. The van der Waals surface area contributed by atoms with Gasteiger partial charge in [0.1, 0.15) is 5.76 Å². The van der Waals surface area contributed by atoms with Gasteiger partial charge < -0.3 is 10.2 Å². The average molecular weight is 222 g/mol. The Morgan fingerprint density at radius 2 is 2.33 bits per heavy atom. The van der Waals surface area contributed by atoms with Crippen LogP contribution in [-0.2, 0) is 6.42 Å². The molecule has 3 nitrogen and oxygen atoms in total. The number of furan rings is 1. The lowest BCUT2D eigenvalue weighted by Crippen LogP contribution is -2.12. The summed E-state index contributed by atoms with van der Waals surface area (Å²) in [7, 11) is 0. The summed E-state index contributed by atoms with van der Waals surface area (Å²) < 4.78 is 5.23. The number of thiazole rings is 1. The molecule has 15 heavy (non-hydrogen) atoms. The Balaban J connectivity index is 2.06. The van der Waals surface area contributed by atoms with Crippen molar-refractivity contribution in [3.63, 3.8) is 0 Å². The summed E-state index contributed by atoms with van der Waals surface area (Å²) in [6.45, 7) is 3.92. The maximum absolute atomic E-state index is 6.05. The van der Waals surface area contributed by atoms with Crippen molar-refractivity contribution in [2.45, 2.75) is 26.3 Å². The number of nitrogens with zero attached hydrogens (tertiary/aromatic N) is 1. The van der Waals surface area contributed by atoms with Crippen molar-refractivity contribution in [3.05, 3.63) is 39.7 Å². The van der Waals surface area contributed by atoms with E-state index >= 15 is 0 Å². The second kappa shape index (κ2) is 4.16. The largest absolute Gasteiger partial charge is 0.469 e. The molecule has 0 spiro atoms. The van der Waals surface area contributed by atoms with Crippen molar-refractivity contribution < 1.29 is 4.42 Å². The fraction of sp³-hybridized carbons (Fsp3) is 0.364. The van der Waals surface area contributed by atoms with Gasteiger partial charge in [0.15, 0.2) is 0 Å². The molecule has 0 saturated heterocycles. The number of rotatable bonds is 3. The van der Waals surface area contributed by atoms with Crippen LogP contribution in [0, 0.1) is 13.8 Å². The van der Waals surface area contributed by atoms with E-state index in [1.165, 1.54) is 0 Å². The van der Waals surface area contributed by atoms with Gasteiger partial charge in [0, 0.05) is 23.4 Å². The van der Waals surface area contributed by atoms with E-state index in [0.717, 1.165) is 28.4 Å². The summed E-state index contributed by atoms with van der Waals surface area (Å²) in [6, 6.07) is 1.95. The van der Waals surface area contributed by atoms with E-state index in [-0.39, 0.29) is 6.04 Å². The minimum atomic E-state index is -0.0241. The molecule has 0 saturated carbocycles. The van der Waals surface area contributed by atoms with Crippen LogP contribution in [0.25, 0.3) is 0 Å². The maximum atomic E-state index is 6.05. The Labute approximate surface area is 92.9 Å². The highest BCUT2D eigenvalue weighted by Gasteiger charge is 2.11. The highest BCUT2D eigenvalue weighted by Crippen LogP contribution is 2.19. The van der Waals surface area contributed by atoms with Gasteiger partial charge in [-0.15, -0.1) is 11.3 Å². The number of aryl methyl sites for hydroxylation is 2. The molecule has 2 aromatic heterocycles. The Hall–Kier alpha value is -1.13. The van der Waals surface area contributed by atoms with Crippen LogP contribution in [0.3, 0.4) is 0 Å². The quantitative estimate of drug-likeness (QED) is 0.868. The molecule has 2 N–H and O–H groups in total. The van der Waals surface area contributed by atoms with Gasteiger partial charge in [0.25, 0.3) is 0 Å². The third kappa shape index (κ3) is 2.46. The van der Waals surface area contributed by atoms with Gasteiger partial charge in [0.2, 0.25) is 0 Å². The van der Waals surface area contributed by atoms with E-state index in [9.17, 15) is 0 Å². The lowest BCUT2D eigenvalue weighted by molar-refractivity contribution is 0.528. The van der Waals surface area contributed by atoms with Crippen molar-refractivity contribution in [1.82, 2.24) is 4.98 Å². The molecule has 0 fully saturated rings. The van der Waals surface area contributed by atoms with E-state index in [4.69, 9.17) is 10.2 Å². The molecule has 2 aromatic rings. The predicted octanol–water partition coefficient (Wildman–Crippen LogP) is 2.60. The molecule has 80 valence electrons. The molecule has 4 heteroatoms. The zero-order valence-electron chi connectivity index (χ0n) is 8.86. The van der Waals surface area contributed by atoms with Gasteiger partial charge in [0.05, 0.1) is 17.0 Å². The van der Waals surface area contributed by atoms with Crippen LogP contribution >= 0.6 is 11.3 Å². The molecule has 0 radical (unpaired) electrons. The Kier molecular flexibility index (Phi) is 2.88. The Morgan fingerprint density at radius 1 is 1.53 bits per heavy atom. The number of aromatic nitrogens is 1. The van der Waals surface area contributed by atoms with Crippen LogP contribution in [0.5, 0.6) is 0 Å². The van der Waals surface area contributed by atoms with Crippen LogP contribution in [0.1, 0.15) is 28.1 Å². The van der Waals surface area contributed by atoms with E-state index in [1.54, 1.807) is 17.6 Å². The zero-order chi connectivity index (χ0) is 10.8. The standard InChI is InChI=1S/C11H14N2OS/c1-7-3-9(5-14-7)11(12)4-10-6-15-8(2)13-10/h3,5-6,11H,4,12H2,1-2H3. The summed E-state index contributed by atoms with van der Waals surface area (Å²) in [5, 5.41) is 3.14. The minimum Gasteiger partial charge on any atom is -0.469 e. The third-order valence-electron chi connectivity index (χ3n) is 2.27. The lowest BCUT2D eigenvalue weighted by Gasteiger charge is -2.06. The van der Waals surface area contributed by atoms with Gasteiger partial charge >= 0.3 is 0 Å². The van der Waals surface area contributed by atoms with E-state index in [2.05, 4.69) is 10.4 Å². The molecule has 0 aliphatic carbocycles. The summed E-state index contributed by atoms with van der Waals surface area (Å²) in [4.78, 5) is 4.39.